The van der Waals surface area contributed by atoms with Crippen LogP contribution in [0.25, 0.3) is 5.69 Å². The van der Waals surface area contributed by atoms with Crippen LogP contribution in [0.15, 0.2) is 36.5 Å². The van der Waals surface area contributed by atoms with E-state index < -0.39 is 0 Å². The van der Waals surface area contributed by atoms with Crippen LogP contribution in [0.3, 0.4) is 0 Å². The van der Waals surface area contributed by atoms with Crippen LogP contribution in [0, 0.1) is 5.92 Å². The molecule has 0 amide bonds. The smallest absolute Gasteiger partial charge is 0.144 e. The molecule has 0 spiro atoms. The fourth-order valence-corrected chi connectivity index (χ4v) is 3.14. The molecule has 2 atom stereocenters. The van der Waals surface area contributed by atoms with Crippen molar-refractivity contribution in [1.29, 1.82) is 0 Å². The van der Waals surface area contributed by atoms with Crippen molar-refractivity contribution in [3.63, 3.8) is 0 Å². The number of likely N-dealkylation sites (tertiary alicyclic amines) is 1. The Morgan fingerprint density at radius 2 is 2.18 bits per heavy atom. The first-order valence-corrected chi connectivity index (χ1v) is 7.83. The second-order valence-corrected chi connectivity index (χ2v) is 6.05. The van der Waals surface area contributed by atoms with Crippen LogP contribution in [0.1, 0.15) is 19.0 Å². The summed E-state index contributed by atoms with van der Waals surface area (Å²) in [6, 6.07) is 10.3. The van der Waals surface area contributed by atoms with E-state index in [9.17, 15) is 0 Å². The molecule has 2 aromatic rings. The maximum atomic E-state index is 6.03. The molecule has 1 aliphatic heterocycles. The Balaban J connectivity index is 1.78. The van der Waals surface area contributed by atoms with E-state index in [0.29, 0.717) is 5.92 Å². The molecule has 22 heavy (non-hydrogen) atoms. The number of hydrogen-bond acceptors (Lipinski definition) is 4. The van der Waals surface area contributed by atoms with E-state index in [-0.39, 0.29) is 6.04 Å². The summed E-state index contributed by atoms with van der Waals surface area (Å²) >= 11 is 0. The van der Waals surface area contributed by atoms with Gasteiger partial charge in [-0.3, -0.25) is 4.90 Å². The molecule has 5 heteroatoms. The maximum absolute atomic E-state index is 6.03. The third kappa shape index (κ3) is 3.00. The minimum atomic E-state index is 0.268. The van der Waals surface area contributed by atoms with Gasteiger partial charge in [0.25, 0.3) is 0 Å². The van der Waals surface area contributed by atoms with Crippen molar-refractivity contribution in [3.05, 3.63) is 42.2 Å². The van der Waals surface area contributed by atoms with Crippen molar-refractivity contribution in [2.45, 2.75) is 25.9 Å². The molecule has 0 bridgehead atoms. The van der Waals surface area contributed by atoms with E-state index in [1.807, 2.05) is 35.1 Å². The van der Waals surface area contributed by atoms with Gasteiger partial charge in [0, 0.05) is 25.3 Å². The number of hydrogen-bond donors (Lipinski definition) is 1. The average Bonchev–Trinajstić information content (AvgIpc) is 3.17. The summed E-state index contributed by atoms with van der Waals surface area (Å²) < 4.78 is 7.42. The Hall–Kier alpha value is -1.85. The van der Waals surface area contributed by atoms with Crippen molar-refractivity contribution in [2.24, 2.45) is 11.7 Å². The quantitative estimate of drug-likeness (QED) is 0.918. The maximum Gasteiger partial charge on any atom is 0.144 e. The number of methoxy groups -OCH3 is 1. The number of benzene rings is 1. The highest BCUT2D eigenvalue weighted by Crippen LogP contribution is 2.25. The largest absolute Gasteiger partial charge is 0.494 e. The molecule has 1 fully saturated rings. The topological polar surface area (TPSA) is 56.3 Å². The average molecular weight is 300 g/mol. The van der Waals surface area contributed by atoms with Gasteiger partial charge in [0.2, 0.25) is 0 Å². The Kier molecular flexibility index (Phi) is 4.45. The zero-order chi connectivity index (χ0) is 15.5. The predicted molar refractivity (Wildman–Crippen MR) is 87.1 cm³/mol. The van der Waals surface area contributed by atoms with Crippen molar-refractivity contribution in [2.75, 3.05) is 20.2 Å². The second kappa shape index (κ2) is 6.50. The highest BCUT2D eigenvalue weighted by Gasteiger charge is 2.26. The van der Waals surface area contributed by atoms with E-state index in [4.69, 9.17) is 10.5 Å². The molecule has 0 saturated carbocycles. The Morgan fingerprint density at radius 3 is 2.91 bits per heavy atom. The second-order valence-electron chi connectivity index (χ2n) is 6.05. The standard InChI is InChI=1S/C17H24N4O/c1-13(18)14-8-10-20(11-14)12-15-7-9-19-21(15)16-5-3-4-6-17(16)22-2/h3-7,9,13-14H,8,10-12,18H2,1-2H3. The first-order valence-electron chi connectivity index (χ1n) is 7.83. The summed E-state index contributed by atoms with van der Waals surface area (Å²) in [5.74, 6) is 1.44. The minimum absolute atomic E-state index is 0.268. The molecular weight excluding hydrogens is 276 g/mol. The molecular formula is C17H24N4O. The first kappa shape index (κ1) is 15.1. The molecule has 0 radical (unpaired) electrons. The Bertz CT molecular complexity index is 623. The lowest BCUT2D eigenvalue weighted by molar-refractivity contribution is 0.302. The molecule has 3 rings (SSSR count). The van der Waals surface area contributed by atoms with Gasteiger partial charge in [-0.2, -0.15) is 5.10 Å². The van der Waals surface area contributed by atoms with Gasteiger partial charge in [-0.25, -0.2) is 4.68 Å². The molecule has 1 aromatic heterocycles. The van der Waals surface area contributed by atoms with Crippen LogP contribution in [-0.2, 0) is 6.54 Å². The molecule has 0 aliphatic carbocycles. The van der Waals surface area contributed by atoms with Crippen LogP contribution in [0.2, 0.25) is 0 Å². The first-order chi connectivity index (χ1) is 10.7. The van der Waals surface area contributed by atoms with Gasteiger partial charge in [-0.05, 0) is 44.0 Å². The third-order valence-electron chi connectivity index (χ3n) is 4.47. The molecule has 118 valence electrons. The molecule has 1 aromatic carbocycles. The van der Waals surface area contributed by atoms with Crippen LogP contribution in [0.4, 0.5) is 0 Å². The lowest BCUT2D eigenvalue weighted by Crippen LogP contribution is -2.30. The molecule has 2 N–H and O–H groups in total. The fraction of sp³-hybridized carbons (Fsp3) is 0.471. The summed E-state index contributed by atoms with van der Waals surface area (Å²) in [6.45, 7) is 5.16. The number of nitrogens with zero attached hydrogens (tertiary/aromatic N) is 3. The van der Waals surface area contributed by atoms with E-state index in [0.717, 1.165) is 31.1 Å². The number of nitrogens with two attached hydrogens (primary N) is 1. The van der Waals surface area contributed by atoms with Crippen molar-refractivity contribution in [1.82, 2.24) is 14.7 Å². The van der Waals surface area contributed by atoms with Crippen LogP contribution < -0.4 is 10.5 Å². The predicted octanol–water partition coefficient (Wildman–Crippen LogP) is 2.05. The molecule has 2 heterocycles. The molecule has 1 saturated heterocycles. The summed E-state index contributed by atoms with van der Waals surface area (Å²) in [6.07, 6.45) is 3.03. The van der Waals surface area contributed by atoms with Crippen LogP contribution >= 0.6 is 0 Å². The van der Waals surface area contributed by atoms with Crippen molar-refractivity contribution >= 4 is 0 Å². The van der Waals surface area contributed by atoms with E-state index in [2.05, 4.69) is 23.0 Å². The molecule has 5 nitrogen and oxygen atoms in total. The summed E-state index contributed by atoms with van der Waals surface area (Å²) in [4.78, 5) is 2.46. The number of ether oxygens (including phenoxy) is 1. The lowest BCUT2D eigenvalue weighted by Gasteiger charge is -2.19. The summed E-state index contributed by atoms with van der Waals surface area (Å²) in [5.41, 5.74) is 8.19. The van der Waals surface area contributed by atoms with E-state index >= 15 is 0 Å². The zero-order valence-corrected chi connectivity index (χ0v) is 13.3. The van der Waals surface area contributed by atoms with Gasteiger partial charge >= 0.3 is 0 Å². The zero-order valence-electron chi connectivity index (χ0n) is 13.3. The number of para-hydroxylation sites is 2. The van der Waals surface area contributed by atoms with Crippen molar-refractivity contribution < 1.29 is 4.74 Å². The van der Waals surface area contributed by atoms with Gasteiger partial charge in [-0.15, -0.1) is 0 Å². The number of aromatic nitrogens is 2. The third-order valence-corrected chi connectivity index (χ3v) is 4.47. The highest BCUT2D eigenvalue weighted by molar-refractivity contribution is 5.46. The fourth-order valence-electron chi connectivity index (χ4n) is 3.14. The van der Waals surface area contributed by atoms with Gasteiger partial charge < -0.3 is 10.5 Å². The Labute approximate surface area is 131 Å². The lowest BCUT2D eigenvalue weighted by atomic mass is 10.0. The van der Waals surface area contributed by atoms with Gasteiger partial charge in [0.15, 0.2) is 0 Å². The molecule has 1 aliphatic rings. The number of rotatable bonds is 5. The molecule has 2 unspecified atom stereocenters. The van der Waals surface area contributed by atoms with Crippen LogP contribution in [0.5, 0.6) is 5.75 Å². The minimum Gasteiger partial charge on any atom is -0.494 e. The monoisotopic (exact) mass is 300 g/mol. The van der Waals surface area contributed by atoms with E-state index in [1.54, 1.807) is 7.11 Å². The highest BCUT2D eigenvalue weighted by atomic mass is 16.5. The SMILES string of the molecule is COc1ccccc1-n1nccc1CN1CCC(C(C)N)C1. The van der Waals surface area contributed by atoms with Gasteiger partial charge in [0.05, 0.1) is 12.8 Å². The van der Waals surface area contributed by atoms with E-state index in [1.165, 1.54) is 12.1 Å². The van der Waals surface area contributed by atoms with Crippen molar-refractivity contribution in [3.8, 4) is 11.4 Å². The van der Waals surface area contributed by atoms with Crippen LogP contribution in [-0.4, -0.2) is 40.9 Å². The Morgan fingerprint density at radius 1 is 1.36 bits per heavy atom. The summed E-state index contributed by atoms with van der Waals surface area (Å²) in [5, 5.41) is 4.48. The van der Waals surface area contributed by atoms with Gasteiger partial charge in [-0.1, -0.05) is 12.1 Å². The van der Waals surface area contributed by atoms with Gasteiger partial charge in [0.1, 0.15) is 11.4 Å². The normalized spacial score (nSPS) is 20.2. The summed E-state index contributed by atoms with van der Waals surface area (Å²) in [7, 11) is 1.69.